The number of pyridine rings is 1. The largest absolute Gasteiger partial charge is 0.363 e. The molecule has 2 heterocycles. The van der Waals surface area contributed by atoms with E-state index in [1.807, 2.05) is 67.8 Å². The minimum atomic E-state index is -0.236. The minimum absolute atomic E-state index is 0.236. The zero-order valence-electron chi connectivity index (χ0n) is 14.9. The predicted molar refractivity (Wildman–Crippen MR) is 95.2 cm³/mol. The van der Waals surface area contributed by atoms with Crippen molar-refractivity contribution in [3.63, 3.8) is 0 Å². The maximum atomic E-state index is 12.0. The van der Waals surface area contributed by atoms with Crippen molar-refractivity contribution in [1.29, 1.82) is 0 Å². The number of nitrogens with one attached hydrogen (secondary N) is 2. The van der Waals surface area contributed by atoms with Crippen molar-refractivity contribution in [2.24, 2.45) is 7.05 Å². The molecule has 2 amide bonds. The second-order valence-corrected chi connectivity index (χ2v) is 5.92. The molecule has 0 spiro atoms. The second kappa shape index (κ2) is 7.67. The lowest BCUT2D eigenvalue weighted by molar-refractivity contribution is 0.240. The molecule has 0 radical (unpaired) electrons. The number of hydrogen-bond acceptors (Lipinski definition) is 5. The van der Waals surface area contributed by atoms with Gasteiger partial charge in [-0.3, -0.25) is 0 Å². The smallest absolute Gasteiger partial charge is 0.315 e. The maximum absolute atomic E-state index is 12.0. The van der Waals surface area contributed by atoms with E-state index in [2.05, 4.69) is 20.6 Å². The number of anilines is 2. The molecule has 0 atom stereocenters. The van der Waals surface area contributed by atoms with Crippen LogP contribution in [0.5, 0.6) is 0 Å². The van der Waals surface area contributed by atoms with Crippen LogP contribution >= 0.6 is 0 Å². The van der Waals surface area contributed by atoms with Gasteiger partial charge in [0.1, 0.15) is 5.82 Å². The van der Waals surface area contributed by atoms with Crippen LogP contribution in [0, 0.1) is 0 Å². The van der Waals surface area contributed by atoms with E-state index in [1.165, 1.54) is 0 Å². The molecule has 24 heavy (non-hydrogen) atoms. The Bertz CT molecular complexity index is 693. The highest BCUT2D eigenvalue weighted by Gasteiger charge is 2.09. The van der Waals surface area contributed by atoms with Gasteiger partial charge in [-0.25, -0.2) is 14.8 Å². The molecule has 0 unspecified atom stereocenters. The molecule has 0 saturated carbocycles. The zero-order chi connectivity index (χ0) is 17.7. The molecule has 0 aliphatic rings. The Hall–Kier alpha value is -2.77. The van der Waals surface area contributed by atoms with Crippen LogP contribution in [0.25, 0.3) is 0 Å². The molecule has 0 aliphatic heterocycles. The number of carbonyl (C=O) groups is 1. The Labute approximate surface area is 142 Å². The third-order valence-corrected chi connectivity index (χ3v) is 3.57. The van der Waals surface area contributed by atoms with E-state index in [-0.39, 0.29) is 6.03 Å². The summed E-state index contributed by atoms with van der Waals surface area (Å²) in [6.45, 7) is 0.788. The van der Waals surface area contributed by atoms with Gasteiger partial charge in [-0.1, -0.05) is 6.07 Å². The highest BCUT2D eigenvalue weighted by atomic mass is 16.2. The summed E-state index contributed by atoms with van der Waals surface area (Å²) in [5.74, 6) is 1.71. The van der Waals surface area contributed by atoms with Gasteiger partial charge in [0, 0.05) is 35.2 Å². The van der Waals surface area contributed by atoms with Crippen molar-refractivity contribution in [2.75, 3.05) is 38.0 Å². The molecule has 2 rings (SSSR count). The van der Waals surface area contributed by atoms with Gasteiger partial charge in [-0.15, -0.1) is 0 Å². The Balaban J connectivity index is 1.85. The molecule has 0 bridgehead atoms. The Morgan fingerprint density at radius 1 is 1.12 bits per heavy atom. The van der Waals surface area contributed by atoms with Gasteiger partial charge in [0.05, 0.1) is 30.7 Å². The van der Waals surface area contributed by atoms with Gasteiger partial charge < -0.3 is 25.0 Å². The standard InChI is InChI=1S/C16H25N7O/c1-21(2)14-8-6-7-12(20-14)9-17-15(24)18-10-13-11-19-16(22(3)4)23(13)5/h6-8,11H,9-10H2,1-5H3,(H2,17,18,24). The number of imidazole rings is 1. The van der Waals surface area contributed by atoms with Crippen molar-refractivity contribution < 1.29 is 4.79 Å². The van der Waals surface area contributed by atoms with E-state index < -0.39 is 0 Å². The first-order valence-corrected chi connectivity index (χ1v) is 7.71. The molecule has 130 valence electrons. The second-order valence-electron chi connectivity index (χ2n) is 5.92. The van der Waals surface area contributed by atoms with E-state index in [0.717, 1.165) is 23.2 Å². The third-order valence-electron chi connectivity index (χ3n) is 3.57. The van der Waals surface area contributed by atoms with Crippen LogP contribution in [0.1, 0.15) is 11.4 Å². The van der Waals surface area contributed by atoms with Gasteiger partial charge in [-0.05, 0) is 12.1 Å². The van der Waals surface area contributed by atoms with Gasteiger partial charge in [0.15, 0.2) is 0 Å². The number of carbonyl (C=O) groups excluding carboxylic acids is 1. The van der Waals surface area contributed by atoms with Crippen molar-refractivity contribution in [3.05, 3.63) is 35.8 Å². The van der Waals surface area contributed by atoms with E-state index in [0.29, 0.717) is 13.1 Å². The Kier molecular flexibility index (Phi) is 5.62. The fourth-order valence-electron chi connectivity index (χ4n) is 2.23. The third kappa shape index (κ3) is 4.37. The Morgan fingerprint density at radius 3 is 2.46 bits per heavy atom. The first-order chi connectivity index (χ1) is 11.4. The maximum Gasteiger partial charge on any atom is 0.315 e. The van der Waals surface area contributed by atoms with E-state index in [4.69, 9.17) is 0 Å². The van der Waals surface area contributed by atoms with Crippen LogP contribution in [0.4, 0.5) is 16.6 Å². The van der Waals surface area contributed by atoms with Gasteiger partial charge >= 0.3 is 6.03 Å². The molecular formula is C16H25N7O. The summed E-state index contributed by atoms with van der Waals surface area (Å²) < 4.78 is 1.95. The summed E-state index contributed by atoms with van der Waals surface area (Å²) >= 11 is 0. The summed E-state index contributed by atoms with van der Waals surface area (Å²) in [5, 5.41) is 5.65. The van der Waals surface area contributed by atoms with Gasteiger partial charge in [-0.2, -0.15) is 0 Å². The molecule has 2 aromatic heterocycles. The average Bonchev–Trinajstić information content (AvgIpc) is 2.92. The quantitative estimate of drug-likeness (QED) is 0.824. The summed E-state index contributed by atoms with van der Waals surface area (Å²) in [6, 6.07) is 5.50. The average molecular weight is 331 g/mol. The predicted octanol–water partition coefficient (Wildman–Crippen LogP) is 0.947. The van der Waals surface area contributed by atoms with Crippen molar-refractivity contribution >= 4 is 17.8 Å². The lowest BCUT2D eigenvalue weighted by Crippen LogP contribution is -2.35. The number of urea groups is 1. The lowest BCUT2D eigenvalue weighted by atomic mass is 10.3. The van der Waals surface area contributed by atoms with Crippen LogP contribution < -0.4 is 20.4 Å². The fourth-order valence-corrected chi connectivity index (χ4v) is 2.23. The van der Waals surface area contributed by atoms with Crippen molar-refractivity contribution in [3.8, 4) is 0 Å². The number of amides is 2. The molecule has 2 aromatic rings. The molecule has 8 heteroatoms. The monoisotopic (exact) mass is 331 g/mol. The molecule has 0 aliphatic carbocycles. The SMILES string of the molecule is CN(C)c1cccc(CNC(=O)NCc2cnc(N(C)C)n2C)n1. The highest BCUT2D eigenvalue weighted by molar-refractivity contribution is 5.73. The molecule has 0 aromatic carbocycles. The summed E-state index contributed by atoms with van der Waals surface area (Å²) in [7, 11) is 9.65. The number of nitrogens with zero attached hydrogens (tertiary/aromatic N) is 5. The first kappa shape index (κ1) is 17.6. The molecule has 0 fully saturated rings. The van der Waals surface area contributed by atoms with Crippen LogP contribution in [0.15, 0.2) is 24.4 Å². The van der Waals surface area contributed by atoms with Crippen LogP contribution in [-0.4, -0.2) is 48.8 Å². The topological polar surface area (TPSA) is 78.3 Å². The summed E-state index contributed by atoms with van der Waals surface area (Å²) in [5.41, 5.74) is 1.74. The van der Waals surface area contributed by atoms with E-state index >= 15 is 0 Å². The molecule has 8 nitrogen and oxygen atoms in total. The summed E-state index contributed by atoms with van der Waals surface area (Å²) in [6.07, 6.45) is 1.76. The van der Waals surface area contributed by atoms with Crippen LogP contribution in [-0.2, 0) is 20.1 Å². The first-order valence-electron chi connectivity index (χ1n) is 7.71. The van der Waals surface area contributed by atoms with E-state index in [9.17, 15) is 4.79 Å². The zero-order valence-corrected chi connectivity index (χ0v) is 14.9. The normalized spacial score (nSPS) is 10.4. The summed E-state index contributed by atoms with van der Waals surface area (Å²) in [4.78, 5) is 24.6. The molecule has 0 saturated heterocycles. The van der Waals surface area contributed by atoms with Crippen molar-refractivity contribution in [2.45, 2.75) is 13.1 Å². The highest BCUT2D eigenvalue weighted by Crippen LogP contribution is 2.10. The van der Waals surface area contributed by atoms with E-state index in [1.54, 1.807) is 6.20 Å². The minimum Gasteiger partial charge on any atom is -0.363 e. The van der Waals surface area contributed by atoms with Crippen LogP contribution in [0.2, 0.25) is 0 Å². The number of aromatic nitrogens is 3. The van der Waals surface area contributed by atoms with Gasteiger partial charge in [0.25, 0.3) is 0 Å². The lowest BCUT2D eigenvalue weighted by Gasteiger charge is -2.14. The molecular weight excluding hydrogens is 306 g/mol. The van der Waals surface area contributed by atoms with Gasteiger partial charge in [0.2, 0.25) is 5.95 Å². The van der Waals surface area contributed by atoms with Crippen molar-refractivity contribution in [1.82, 2.24) is 25.2 Å². The fraction of sp³-hybridized carbons (Fsp3) is 0.438. The molecule has 2 N–H and O–H groups in total. The number of hydrogen-bond donors (Lipinski definition) is 2. The van der Waals surface area contributed by atoms with Crippen LogP contribution in [0.3, 0.4) is 0 Å². The Morgan fingerprint density at radius 2 is 1.83 bits per heavy atom. The number of rotatable bonds is 6.